The van der Waals surface area contributed by atoms with Crippen molar-refractivity contribution in [2.75, 3.05) is 17.7 Å². The van der Waals surface area contributed by atoms with Crippen LogP contribution in [0.3, 0.4) is 0 Å². The van der Waals surface area contributed by atoms with Crippen molar-refractivity contribution >= 4 is 45.2 Å². The van der Waals surface area contributed by atoms with E-state index in [0.717, 1.165) is 18.0 Å². The number of aromatic nitrogens is 4. The summed E-state index contributed by atoms with van der Waals surface area (Å²) in [7, 11) is 3.02. The predicted molar refractivity (Wildman–Crippen MR) is 141 cm³/mol. The van der Waals surface area contributed by atoms with Gasteiger partial charge in [0.25, 0.3) is 5.91 Å². The number of amides is 2. The molecule has 0 atom stereocenters. The Hall–Kier alpha value is -3.58. The number of aryl methyl sites for hydroxylation is 1. The number of carbonyl (C=O) groups excluding carboxylic acids is 3. The second-order valence-corrected chi connectivity index (χ2v) is 10.1. The lowest BCUT2D eigenvalue weighted by molar-refractivity contribution is -0.142. The summed E-state index contributed by atoms with van der Waals surface area (Å²) in [6.45, 7) is 4.36. The van der Waals surface area contributed by atoms with Crippen LogP contribution in [0.1, 0.15) is 41.9 Å². The maximum Gasteiger partial charge on any atom is 0.411 e. The van der Waals surface area contributed by atoms with Crippen LogP contribution >= 0.6 is 21.6 Å². The molecule has 0 saturated carbocycles. The molecule has 13 heteroatoms. The number of esters is 1. The summed E-state index contributed by atoms with van der Waals surface area (Å²) in [5, 5.41) is 14.4. The van der Waals surface area contributed by atoms with Gasteiger partial charge in [-0.3, -0.25) is 19.6 Å². The van der Waals surface area contributed by atoms with Gasteiger partial charge in [-0.15, -0.1) is 5.10 Å². The van der Waals surface area contributed by atoms with Crippen LogP contribution in [0.2, 0.25) is 0 Å². The van der Waals surface area contributed by atoms with Gasteiger partial charge in [0.2, 0.25) is 0 Å². The molecular weight excluding hydrogens is 516 g/mol. The van der Waals surface area contributed by atoms with E-state index in [1.54, 1.807) is 35.3 Å². The Bertz CT molecular complexity index is 1190. The van der Waals surface area contributed by atoms with E-state index in [2.05, 4.69) is 25.9 Å². The van der Waals surface area contributed by atoms with Gasteiger partial charge in [0.15, 0.2) is 0 Å². The summed E-state index contributed by atoms with van der Waals surface area (Å²) in [5.41, 5.74) is 1.80. The largest absolute Gasteiger partial charge is 0.461 e. The summed E-state index contributed by atoms with van der Waals surface area (Å²) in [5.74, 6) is -0.257. The second-order valence-electron chi connectivity index (χ2n) is 7.64. The normalized spacial score (nSPS) is 10.5. The van der Waals surface area contributed by atoms with Crippen LogP contribution in [0.4, 0.5) is 10.5 Å². The molecule has 2 aromatic heterocycles. The van der Waals surface area contributed by atoms with E-state index in [1.807, 2.05) is 25.1 Å². The lowest BCUT2D eigenvalue weighted by Gasteiger charge is -2.13. The number of nitrogens with one attached hydrogen (secondary N) is 2. The molecule has 2 heterocycles. The number of pyridine rings is 1. The van der Waals surface area contributed by atoms with Crippen LogP contribution in [0.15, 0.2) is 53.8 Å². The van der Waals surface area contributed by atoms with Crippen molar-refractivity contribution in [2.45, 2.75) is 45.0 Å². The maximum absolute atomic E-state index is 12.7. The fraction of sp³-hybridized carbons (Fsp3) is 0.333. The smallest absolute Gasteiger partial charge is 0.411 e. The molecule has 196 valence electrons. The molecule has 0 radical (unpaired) electrons. The minimum Gasteiger partial charge on any atom is -0.461 e. The van der Waals surface area contributed by atoms with E-state index in [0.29, 0.717) is 28.3 Å². The van der Waals surface area contributed by atoms with E-state index in [9.17, 15) is 14.4 Å². The molecule has 0 bridgehead atoms. The predicted octanol–water partition coefficient (Wildman–Crippen LogP) is 4.07. The van der Waals surface area contributed by atoms with Gasteiger partial charge >= 0.3 is 12.1 Å². The molecule has 0 unspecified atom stereocenters. The Morgan fingerprint density at radius 2 is 2.00 bits per heavy atom. The highest BCUT2D eigenvalue weighted by molar-refractivity contribution is 8.76. The van der Waals surface area contributed by atoms with Gasteiger partial charge in [-0.1, -0.05) is 29.0 Å². The highest BCUT2D eigenvalue weighted by Gasteiger charge is 2.14. The summed E-state index contributed by atoms with van der Waals surface area (Å²) in [6.07, 6.45) is 3.78. The van der Waals surface area contributed by atoms with Crippen molar-refractivity contribution in [2.24, 2.45) is 0 Å². The summed E-state index contributed by atoms with van der Waals surface area (Å²) >= 11 is 0. The highest BCUT2D eigenvalue weighted by atomic mass is 33.1. The van der Waals surface area contributed by atoms with Gasteiger partial charge in [-0.2, -0.15) is 0 Å². The quantitative estimate of drug-likeness (QED) is 0.184. The molecule has 0 aliphatic heterocycles. The lowest BCUT2D eigenvalue weighted by atomic mass is 10.1. The van der Waals surface area contributed by atoms with E-state index in [4.69, 9.17) is 9.47 Å². The van der Waals surface area contributed by atoms with Gasteiger partial charge in [-0.25, -0.2) is 9.78 Å². The first-order chi connectivity index (χ1) is 17.9. The molecular formula is C24H28N6O5S2. The van der Waals surface area contributed by atoms with Crippen molar-refractivity contribution in [3.05, 3.63) is 65.6 Å². The molecule has 3 rings (SSSR count). The van der Waals surface area contributed by atoms with Crippen molar-refractivity contribution in [1.29, 1.82) is 0 Å². The second kappa shape index (κ2) is 14.9. The van der Waals surface area contributed by atoms with Gasteiger partial charge in [0, 0.05) is 36.5 Å². The zero-order valence-electron chi connectivity index (χ0n) is 20.5. The van der Waals surface area contributed by atoms with Gasteiger partial charge < -0.3 is 14.8 Å². The van der Waals surface area contributed by atoms with Crippen molar-refractivity contribution < 1.29 is 23.9 Å². The standard InChI is InChI=1S/C24H28N6O5S2/c1-3-10-30-15-20(28-29-30)14-26-23(32)18-7-8-21(19(13-18)16-35-17(2)31)27-24(33)34-11-12-36-37-22-6-4-5-9-25-22/h4-9,13,15H,3,10-12,14,16H2,1-2H3,(H,26,32)(H,27,33). The number of nitrogens with zero attached hydrogens (tertiary/aromatic N) is 4. The molecule has 1 aromatic carbocycles. The molecule has 3 aromatic rings. The molecule has 2 N–H and O–H groups in total. The van der Waals surface area contributed by atoms with Crippen molar-refractivity contribution in [3.63, 3.8) is 0 Å². The Labute approximate surface area is 222 Å². The number of rotatable bonds is 13. The highest BCUT2D eigenvalue weighted by Crippen LogP contribution is 2.28. The third kappa shape index (κ3) is 9.77. The number of hydrogen-bond acceptors (Lipinski definition) is 10. The Morgan fingerprint density at radius 3 is 2.76 bits per heavy atom. The summed E-state index contributed by atoms with van der Waals surface area (Å²) < 4.78 is 12.1. The van der Waals surface area contributed by atoms with E-state index in [-0.39, 0.29) is 25.7 Å². The Balaban J connectivity index is 1.53. The third-order valence-electron chi connectivity index (χ3n) is 4.69. The average Bonchev–Trinajstić information content (AvgIpc) is 3.34. The van der Waals surface area contributed by atoms with Crippen molar-refractivity contribution in [3.8, 4) is 0 Å². The number of carbonyl (C=O) groups is 3. The minimum absolute atomic E-state index is 0.117. The summed E-state index contributed by atoms with van der Waals surface area (Å²) in [6, 6.07) is 10.3. The van der Waals surface area contributed by atoms with E-state index < -0.39 is 12.1 Å². The van der Waals surface area contributed by atoms with Crippen LogP contribution in [0.25, 0.3) is 0 Å². The van der Waals surface area contributed by atoms with Crippen LogP contribution < -0.4 is 10.6 Å². The minimum atomic E-state index is -0.653. The molecule has 0 saturated heterocycles. The van der Waals surface area contributed by atoms with Gasteiger partial charge in [0.1, 0.15) is 23.9 Å². The zero-order chi connectivity index (χ0) is 26.5. The van der Waals surface area contributed by atoms with E-state index in [1.165, 1.54) is 28.5 Å². The molecule has 0 spiro atoms. The molecule has 37 heavy (non-hydrogen) atoms. The number of benzene rings is 1. The van der Waals surface area contributed by atoms with E-state index >= 15 is 0 Å². The maximum atomic E-state index is 12.7. The fourth-order valence-electron chi connectivity index (χ4n) is 3.00. The average molecular weight is 545 g/mol. The zero-order valence-corrected chi connectivity index (χ0v) is 22.1. The number of hydrogen-bond donors (Lipinski definition) is 2. The molecule has 2 amide bonds. The Kier molecular flexibility index (Phi) is 11.2. The van der Waals surface area contributed by atoms with Gasteiger partial charge in [-0.05, 0) is 47.5 Å². The fourth-order valence-corrected chi connectivity index (χ4v) is 4.70. The topological polar surface area (TPSA) is 137 Å². The monoisotopic (exact) mass is 544 g/mol. The lowest BCUT2D eigenvalue weighted by Crippen LogP contribution is -2.23. The van der Waals surface area contributed by atoms with Crippen LogP contribution in [0.5, 0.6) is 0 Å². The number of ether oxygens (including phenoxy) is 2. The SMILES string of the molecule is CCCn1cc(CNC(=O)c2ccc(NC(=O)OCCSSc3ccccn3)c(COC(C)=O)c2)nn1. The van der Waals surface area contributed by atoms with Crippen molar-refractivity contribution in [1.82, 2.24) is 25.3 Å². The van der Waals surface area contributed by atoms with Crippen LogP contribution in [-0.4, -0.2) is 50.3 Å². The van der Waals surface area contributed by atoms with Gasteiger partial charge in [0.05, 0.1) is 18.4 Å². The molecule has 0 aliphatic carbocycles. The third-order valence-corrected chi connectivity index (χ3v) is 6.92. The first-order valence-corrected chi connectivity index (χ1v) is 13.8. The molecule has 0 fully saturated rings. The van der Waals surface area contributed by atoms with Crippen LogP contribution in [0, 0.1) is 0 Å². The first kappa shape index (κ1) is 28.0. The Morgan fingerprint density at radius 1 is 1.14 bits per heavy atom. The van der Waals surface area contributed by atoms with Crippen LogP contribution in [-0.2, 0) is 34.0 Å². The first-order valence-electron chi connectivity index (χ1n) is 11.5. The number of anilines is 1. The summed E-state index contributed by atoms with van der Waals surface area (Å²) in [4.78, 5) is 40.5. The molecule has 0 aliphatic rings. The molecule has 11 nitrogen and oxygen atoms in total.